The van der Waals surface area contributed by atoms with Crippen LogP contribution in [0.25, 0.3) is 0 Å². The van der Waals surface area contributed by atoms with E-state index in [1.165, 1.54) is 6.42 Å². The highest BCUT2D eigenvalue weighted by Gasteiger charge is 2.46. The van der Waals surface area contributed by atoms with Gasteiger partial charge in [0.2, 0.25) is 0 Å². The van der Waals surface area contributed by atoms with Crippen LogP contribution in [0.4, 0.5) is 4.79 Å². The summed E-state index contributed by atoms with van der Waals surface area (Å²) in [5, 5.41) is 0. The van der Waals surface area contributed by atoms with E-state index >= 15 is 0 Å². The standard InChI is InChI=1S/C38H64N2O5/c1-12-27(3)30(6)35-31(43-35)25-37(7,8)18-13-14-28(4)34-29(5)15-16-32(44-36(42)40-22-20-39(11)21-23-40)38(9,10)19-17-26(2)24-33(41)45-34/h13-16,18,26-27,29-32,34-35H,12,17,19-25H2,1-11H3/b16-15+,18-13+,28-14+. The Kier molecular flexibility index (Phi) is 13.4. The molecule has 0 aromatic rings. The molecule has 7 nitrogen and oxygen atoms in total. The molecule has 256 valence electrons. The Balaban J connectivity index is 1.74. The Morgan fingerprint density at radius 2 is 1.82 bits per heavy atom. The number of hydrogen-bond donors (Lipinski definition) is 0. The van der Waals surface area contributed by atoms with Gasteiger partial charge in [-0.2, -0.15) is 0 Å². The number of piperazine rings is 1. The van der Waals surface area contributed by atoms with Crippen LogP contribution in [0.2, 0.25) is 0 Å². The number of nitrogens with zero attached hydrogens (tertiary/aromatic N) is 2. The molecule has 0 bridgehead atoms. The first-order valence-corrected chi connectivity index (χ1v) is 17.6. The lowest BCUT2D eigenvalue weighted by molar-refractivity contribution is -0.149. The van der Waals surface area contributed by atoms with Gasteiger partial charge in [-0.05, 0) is 68.1 Å². The summed E-state index contributed by atoms with van der Waals surface area (Å²) in [6.07, 6.45) is 14.4. The normalized spacial score (nSPS) is 32.6. The summed E-state index contributed by atoms with van der Waals surface area (Å²) in [6, 6.07) is 0. The summed E-state index contributed by atoms with van der Waals surface area (Å²) in [4.78, 5) is 30.3. The molecule has 0 aromatic heterocycles. The van der Waals surface area contributed by atoms with Gasteiger partial charge >= 0.3 is 12.1 Å². The van der Waals surface area contributed by atoms with Crippen molar-refractivity contribution in [1.29, 1.82) is 0 Å². The number of carbonyl (C=O) groups excluding carboxylic acids is 2. The zero-order valence-corrected chi connectivity index (χ0v) is 30.3. The van der Waals surface area contributed by atoms with E-state index in [1.807, 2.05) is 17.9 Å². The molecular formula is C38H64N2O5. The van der Waals surface area contributed by atoms with Crippen molar-refractivity contribution in [3.63, 3.8) is 0 Å². The summed E-state index contributed by atoms with van der Waals surface area (Å²) >= 11 is 0. The van der Waals surface area contributed by atoms with Crippen molar-refractivity contribution < 1.29 is 23.8 Å². The Morgan fingerprint density at radius 1 is 1.16 bits per heavy atom. The SMILES string of the molecule is CCC(C)C(C)C1OC1CC(C)(C)/C=C/C=C(\C)C1OC(=O)CC(C)CCC(C)(C)C(OC(=O)N2CCN(C)CC2)/C=C/C1C. The average molecular weight is 629 g/mol. The third kappa shape index (κ3) is 11.3. The Bertz CT molecular complexity index is 1070. The molecule has 45 heavy (non-hydrogen) atoms. The molecule has 7 heteroatoms. The quantitative estimate of drug-likeness (QED) is 0.111. The first kappa shape index (κ1) is 37.3. The fourth-order valence-electron chi connectivity index (χ4n) is 6.58. The third-order valence-corrected chi connectivity index (χ3v) is 10.6. The van der Waals surface area contributed by atoms with Crippen LogP contribution in [0.15, 0.2) is 36.0 Å². The maximum absolute atomic E-state index is 13.2. The Labute approximate surface area is 274 Å². The second-order valence-corrected chi connectivity index (χ2v) is 15.9. The molecule has 8 unspecified atom stereocenters. The van der Waals surface area contributed by atoms with Gasteiger partial charge in [0.15, 0.2) is 0 Å². The van der Waals surface area contributed by atoms with Crippen molar-refractivity contribution in [3.05, 3.63) is 36.0 Å². The van der Waals surface area contributed by atoms with E-state index in [-0.39, 0.29) is 40.8 Å². The molecule has 0 aromatic carbocycles. The van der Waals surface area contributed by atoms with Gasteiger partial charge in [0, 0.05) is 43.9 Å². The van der Waals surface area contributed by atoms with Crippen molar-refractivity contribution in [2.24, 2.45) is 34.5 Å². The van der Waals surface area contributed by atoms with Crippen LogP contribution in [0.1, 0.15) is 101 Å². The molecule has 0 radical (unpaired) electrons. The summed E-state index contributed by atoms with van der Waals surface area (Å²) < 4.78 is 18.4. The van der Waals surface area contributed by atoms with Gasteiger partial charge in [-0.3, -0.25) is 4.79 Å². The van der Waals surface area contributed by atoms with Gasteiger partial charge < -0.3 is 24.0 Å². The molecule has 3 rings (SSSR count). The maximum atomic E-state index is 13.2. The number of cyclic esters (lactones) is 1. The highest BCUT2D eigenvalue weighted by atomic mass is 16.6. The fourth-order valence-corrected chi connectivity index (χ4v) is 6.58. The first-order chi connectivity index (χ1) is 21.0. The number of allylic oxidation sites excluding steroid dienone is 3. The zero-order valence-electron chi connectivity index (χ0n) is 30.3. The molecule has 0 spiro atoms. The number of hydrogen-bond acceptors (Lipinski definition) is 6. The second-order valence-electron chi connectivity index (χ2n) is 15.9. The molecule has 2 saturated heterocycles. The monoisotopic (exact) mass is 628 g/mol. The van der Waals surface area contributed by atoms with Gasteiger partial charge in [-0.15, -0.1) is 0 Å². The number of carbonyl (C=O) groups is 2. The summed E-state index contributed by atoms with van der Waals surface area (Å²) in [6.45, 7) is 25.0. The molecule has 3 heterocycles. The van der Waals surface area contributed by atoms with E-state index in [9.17, 15) is 9.59 Å². The van der Waals surface area contributed by atoms with Crippen molar-refractivity contribution in [2.45, 2.75) is 126 Å². The van der Waals surface area contributed by atoms with E-state index in [0.717, 1.165) is 37.9 Å². The highest BCUT2D eigenvalue weighted by Crippen LogP contribution is 2.41. The van der Waals surface area contributed by atoms with Crippen LogP contribution in [0.3, 0.4) is 0 Å². The predicted molar refractivity (Wildman–Crippen MR) is 183 cm³/mol. The second kappa shape index (κ2) is 16.1. The van der Waals surface area contributed by atoms with Crippen molar-refractivity contribution in [2.75, 3.05) is 33.2 Å². The van der Waals surface area contributed by atoms with Crippen molar-refractivity contribution >= 4 is 12.1 Å². The summed E-state index contributed by atoms with van der Waals surface area (Å²) in [5.41, 5.74) is 0.705. The molecule has 8 atom stereocenters. The lowest BCUT2D eigenvalue weighted by Crippen LogP contribution is -2.49. The van der Waals surface area contributed by atoms with Gasteiger partial charge in [0.1, 0.15) is 12.2 Å². The minimum Gasteiger partial charge on any atom is -0.457 e. The number of epoxide rings is 1. The molecule has 0 aliphatic carbocycles. The van der Waals surface area contributed by atoms with Crippen LogP contribution >= 0.6 is 0 Å². The van der Waals surface area contributed by atoms with Crippen LogP contribution in [-0.4, -0.2) is 79.5 Å². The Morgan fingerprint density at radius 3 is 2.47 bits per heavy atom. The van der Waals surface area contributed by atoms with Gasteiger partial charge in [-0.25, -0.2) is 4.79 Å². The number of esters is 1. The van der Waals surface area contributed by atoms with Gasteiger partial charge in [0.05, 0.1) is 12.2 Å². The van der Waals surface area contributed by atoms with Crippen LogP contribution in [0.5, 0.6) is 0 Å². The first-order valence-electron chi connectivity index (χ1n) is 17.6. The van der Waals surface area contributed by atoms with Gasteiger partial charge in [0.25, 0.3) is 0 Å². The molecule has 1 amide bonds. The number of amides is 1. The van der Waals surface area contributed by atoms with Gasteiger partial charge in [-0.1, -0.05) is 93.0 Å². The van der Waals surface area contributed by atoms with E-state index in [4.69, 9.17) is 14.2 Å². The minimum absolute atomic E-state index is 0.0120. The highest BCUT2D eigenvalue weighted by molar-refractivity contribution is 5.70. The smallest absolute Gasteiger partial charge is 0.410 e. The lowest BCUT2D eigenvalue weighted by Gasteiger charge is -2.37. The predicted octanol–water partition coefficient (Wildman–Crippen LogP) is 8.06. The number of likely N-dealkylation sites (N-methyl/N-ethyl adjacent to an activating group) is 1. The van der Waals surface area contributed by atoms with Crippen LogP contribution < -0.4 is 0 Å². The molecule has 0 saturated carbocycles. The van der Waals surface area contributed by atoms with Crippen molar-refractivity contribution in [1.82, 2.24) is 9.80 Å². The van der Waals surface area contributed by atoms with Crippen molar-refractivity contribution in [3.8, 4) is 0 Å². The zero-order chi connectivity index (χ0) is 33.5. The summed E-state index contributed by atoms with van der Waals surface area (Å²) in [7, 11) is 2.08. The molecule has 2 fully saturated rings. The largest absolute Gasteiger partial charge is 0.457 e. The topological polar surface area (TPSA) is 71.6 Å². The molecule has 3 aliphatic rings. The average Bonchev–Trinajstić information content (AvgIpc) is 3.73. The summed E-state index contributed by atoms with van der Waals surface area (Å²) in [5.74, 6) is 1.17. The van der Waals surface area contributed by atoms with E-state index in [0.29, 0.717) is 43.6 Å². The minimum atomic E-state index is -0.405. The van der Waals surface area contributed by atoms with E-state index in [2.05, 4.69) is 98.6 Å². The molecular weight excluding hydrogens is 564 g/mol. The van der Waals surface area contributed by atoms with E-state index < -0.39 is 6.10 Å². The van der Waals surface area contributed by atoms with Crippen LogP contribution in [0, 0.1) is 34.5 Å². The molecule has 3 aliphatic heterocycles. The lowest BCUT2D eigenvalue weighted by atomic mass is 9.78. The fraction of sp³-hybridized carbons (Fsp3) is 0.789. The Hall–Kier alpha value is -2.12. The third-order valence-electron chi connectivity index (χ3n) is 10.6. The maximum Gasteiger partial charge on any atom is 0.410 e. The molecule has 0 N–H and O–H groups in total. The van der Waals surface area contributed by atoms with Crippen LogP contribution in [-0.2, 0) is 19.0 Å². The number of rotatable bonds is 9. The number of ether oxygens (including phenoxy) is 3. The van der Waals surface area contributed by atoms with E-state index in [1.54, 1.807) is 0 Å².